The van der Waals surface area contributed by atoms with Crippen molar-refractivity contribution in [2.45, 2.75) is 367 Å². The van der Waals surface area contributed by atoms with Crippen LogP contribution in [0.3, 0.4) is 0 Å². The summed E-state index contributed by atoms with van der Waals surface area (Å²) in [7, 11) is 0. The van der Waals surface area contributed by atoms with E-state index in [4.69, 9.17) is 14.2 Å². The number of carbonyl (C=O) groups excluding carboxylic acids is 3. The van der Waals surface area contributed by atoms with Gasteiger partial charge in [-0.2, -0.15) is 0 Å². The average molecular weight is 1140 g/mol. The Morgan fingerprint density at radius 1 is 0.256 bits per heavy atom. The van der Waals surface area contributed by atoms with Crippen molar-refractivity contribution in [1.82, 2.24) is 0 Å². The van der Waals surface area contributed by atoms with E-state index in [0.29, 0.717) is 19.3 Å². The molecule has 0 radical (unpaired) electrons. The first-order chi connectivity index (χ1) is 40.5. The Morgan fingerprint density at radius 2 is 0.488 bits per heavy atom. The highest BCUT2D eigenvalue weighted by Gasteiger charge is 2.19. The van der Waals surface area contributed by atoms with Crippen LogP contribution in [0.2, 0.25) is 0 Å². The standard InChI is InChI=1S/C76H134O6/c1-4-7-10-13-16-19-22-25-28-30-32-34-35-36-37-38-39-40-41-43-44-46-48-51-54-57-60-63-66-69-75(78)81-72-73(71-80-74(77)68-65-62-59-56-53-50-27-24-21-18-15-12-9-6-3)82-76(79)70-67-64-61-58-55-52-49-47-45-42-33-31-29-26-23-20-17-14-11-8-5-2/h7,10,15-16,18-19,24-25,27-28,31-34,73H,4-6,8-9,11-14,17,20-23,26,29-30,35-72H2,1-3H3/b10-7-,18-15-,19-16-,27-24-,28-25-,33-31-,34-32-. The van der Waals surface area contributed by atoms with Gasteiger partial charge in [-0.1, -0.05) is 318 Å². The molecular formula is C76H134O6. The molecule has 1 atom stereocenters. The molecule has 6 nitrogen and oxygen atoms in total. The molecule has 0 spiro atoms. The summed E-state index contributed by atoms with van der Waals surface area (Å²) in [6.07, 6.45) is 93.3. The minimum atomic E-state index is -0.784. The van der Waals surface area contributed by atoms with E-state index in [9.17, 15) is 14.4 Å². The fourth-order valence-electron chi connectivity index (χ4n) is 10.3. The summed E-state index contributed by atoms with van der Waals surface area (Å²) in [6, 6.07) is 0. The molecule has 0 heterocycles. The van der Waals surface area contributed by atoms with E-state index in [2.05, 4.69) is 106 Å². The fraction of sp³-hybridized carbons (Fsp3) is 0.776. The summed E-state index contributed by atoms with van der Waals surface area (Å²) < 4.78 is 17.0. The Labute approximate surface area is 509 Å². The number of unbranched alkanes of at least 4 members (excludes halogenated alkanes) is 40. The molecule has 0 aliphatic rings. The van der Waals surface area contributed by atoms with Gasteiger partial charge in [0.2, 0.25) is 0 Å². The molecule has 0 aliphatic heterocycles. The van der Waals surface area contributed by atoms with Crippen LogP contribution >= 0.6 is 0 Å². The van der Waals surface area contributed by atoms with Crippen molar-refractivity contribution in [3.8, 4) is 0 Å². The van der Waals surface area contributed by atoms with Gasteiger partial charge in [-0.25, -0.2) is 0 Å². The average Bonchev–Trinajstić information content (AvgIpc) is 3.47. The van der Waals surface area contributed by atoms with Crippen LogP contribution in [-0.4, -0.2) is 37.2 Å². The van der Waals surface area contributed by atoms with Gasteiger partial charge in [-0.15, -0.1) is 0 Å². The van der Waals surface area contributed by atoms with Gasteiger partial charge in [0.15, 0.2) is 6.10 Å². The van der Waals surface area contributed by atoms with Crippen molar-refractivity contribution in [1.29, 1.82) is 0 Å². The Bertz CT molecular complexity index is 1550. The van der Waals surface area contributed by atoms with E-state index in [0.717, 1.165) is 103 Å². The van der Waals surface area contributed by atoms with Crippen LogP contribution in [-0.2, 0) is 28.6 Å². The maximum absolute atomic E-state index is 13.0. The van der Waals surface area contributed by atoms with Crippen LogP contribution in [0, 0.1) is 0 Å². The zero-order chi connectivity index (χ0) is 59.2. The minimum Gasteiger partial charge on any atom is -0.462 e. The highest BCUT2D eigenvalue weighted by molar-refractivity contribution is 5.71. The second kappa shape index (κ2) is 70.1. The van der Waals surface area contributed by atoms with E-state index in [1.165, 1.54) is 218 Å². The second-order valence-electron chi connectivity index (χ2n) is 23.8. The van der Waals surface area contributed by atoms with Crippen molar-refractivity contribution in [3.05, 3.63) is 85.1 Å². The molecule has 0 aromatic rings. The molecule has 0 saturated carbocycles. The number of allylic oxidation sites excluding steroid dienone is 14. The third-order valence-electron chi connectivity index (χ3n) is 15.6. The molecule has 82 heavy (non-hydrogen) atoms. The number of rotatable bonds is 65. The zero-order valence-corrected chi connectivity index (χ0v) is 54.5. The van der Waals surface area contributed by atoms with E-state index in [-0.39, 0.29) is 31.1 Å². The smallest absolute Gasteiger partial charge is 0.306 e. The predicted molar refractivity (Wildman–Crippen MR) is 358 cm³/mol. The van der Waals surface area contributed by atoms with Crippen LogP contribution in [0.5, 0.6) is 0 Å². The van der Waals surface area contributed by atoms with Gasteiger partial charge in [0, 0.05) is 19.3 Å². The van der Waals surface area contributed by atoms with E-state index in [1.54, 1.807) is 0 Å². The SMILES string of the molecule is CC/C=C\C/C=C\C/C=C\C/C=C\CCCCCCCCCCCCCCCCCCC(=O)OCC(COC(=O)CCCCCCC/C=C\C/C=C\CCCC)OC(=O)CCCCCCCCCCC/C=C\CCCCCCCCCC. The Kier molecular flexibility index (Phi) is 67.2. The van der Waals surface area contributed by atoms with Crippen molar-refractivity contribution in [3.63, 3.8) is 0 Å². The minimum absolute atomic E-state index is 0.0786. The van der Waals surface area contributed by atoms with E-state index in [1.807, 2.05) is 0 Å². The molecule has 1 unspecified atom stereocenters. The number of hydrogen-bond donors (Lipinski definition) is 0. The third-order valence-corrected chi connectivity index (χ3v) is 15.6. The van der Waals surface area contributed by atoms with Crippen LogP contribution < -0.4 is 0 Å². The van der Waals surface area contributed by atoms with Crippen LogP contribution in [0.1, 0.15) is 361 Å². The number of hydrogen-bond acceptors (Lipinski definition) is 6. The lowest BCUT2D eigenvalue weighted by atomic mass is 10.0. The summed E-state index contributed by atoms with van der Waals surface area (Å²) in [5.41, 5.74) is 0. The monoisotopic (exact) mass is 1140 g/mol. The molecule has 474 valence electrons. The second-order valence-corrected chi connectivity index (χ2v) is 23.8. The number of carbonyl (C=O) groups is 3. The molecule has 0 aromatic heterocycles. The number of ether oxygens (including phenoxy) is 3. The molecule has 0 fully saturated rings. The third kappa shape index (κ3) is 67.4. The molecule has 0 saturated heterocycles. The Balaban J connectivity index is 4.25. The molecule has 0 N–H and O–H groups in total. The first-order valence-electron chi connectivity index (χ1n) is 35.6. The van der Waals surface area contributed by atoms with Gasteiger partial charge in [-0.3, -0.25) is 14.4 Å². The quantitative estimate of drug-likeness (QED) is 0.0261. The van der Waals surface area contributed by atoms with Crippen molar-refractivity contribution in [2.75, 3.05) is 13.2 Å². The van der Waals surface area contributed by atoms with Crippen LogP contribution in [0.25, 0.3) is 0 Å². The van der Waals surface area contributed by atoms with Crippen molar-refractivity contribution in [2.24, 2.45) is 0 Å². The first kappa shape index (κ1) is 78.6. The summed E-state index contributed by atoms with van der Waals surface area (Å²) in [5.74, 6) is -0.876. The molecule has 0 aromatic carbocycles. The summed E-state index contributed by atoms with van der Waals surface area (Å²) in [5, 5.41) is 0. The van der Waals surface area contributed by atoms with Crippen molar-refractivity contribution >= 4 is 17.9 Å². The maximum atomic E-state index is 13.0. The highest BCUT2D eigenvalue weighted by Crippen LogP contribution is 2.18. The fourth-order valence-corrected chi connectivity index (χ4v) is 10.3. The zero-order valence-electron chi connectivity index (χ0n) is 54.5. The Hall–Kier alpha value is -3.41. The summed E-state index contributed by atoms with van der Waals surface area (Å²) in [6.45, 7) is 6.52. The van der Waals surface area contributed by atoms with Crippen LogP contribution in [0.15, 0.2) is 85.1 Å². The summed E-state index contributed by atoms with van der Waals surface area (Å²) >= 11 is 0. The predicted octanol–water partition coefficient (Wildman–Crippen LogP) is 24.6. The maximum Gasteiger partial charge on any atom is 0.306 e. The number of esters is 3. The molecule has 0 aliphatic carbocycles. The summed E-state index contributed by atoms with van der Waals surface area (Å²) in [4.78, 5) is 38.4. The lowest BCUT2D eigenvalue weighted by Crippen LogP contribution is -2.30. The van der Waals surface area contributed by atoms with Gasteiger partial charge >= 0.3 is 17.9 Å². The van der Waals surface area contributed by atoms with Crippen LogP contribution in [0.4, 0.5) is 0 Å². The molecule has 6 heteroatoms. The molecular weight excluding hydrogens is 1010 g/mol. The van der Waals surface area contributed by atoms with Gasteiger partial charge in [0.25, 0.3) is 0 Å². The lowest BCUT2D eigenvalue weighted by molar-refractivity contribution is -0.167. The van der Waals surface area contributed by atoms with Gasteiger partial charge in [0.1, 0.15) is 13.2 Å². The lowest BCUT2D eigenvalue weighted by Gasteiger charge is -2.18. The molecule has 0 rings (SSSR count). The van der Waals surface area contributed by atoms with Gasteiger partial charge < -0.3 is 14.2 Å². The topological polar surface area (TPSA) is 78.9 Å². The first-order valence-corrected chi connectivity index (χ1v) is 35.6. The normalized spacial score (nSPS) is 12.6. The van der Waals surface area contributed by atoms with Gasteiger partial charge in [0.05, 0.1) is 0 Å². The molecule has 0 bridgehead atoms. The molecule has 0 amide bonds. The van der Waals surface area contributed by atoms with Gasteiger partial charge in [-0.05, 0) is 109 Å². The van der Waals surface area contributed by atoms with Crippen molar-refractivity contribution < 1.29 is 28.6 Å². The largest absolute Gasteiger partial charge is 0.462 e. The van der Waals surface area contributed by atoms with E-state index >= 15 is 0 Å². The highest BCUT2D eigenvalue weighted by atomic mass is 16.6. The van der Waals surface area contributed by atoms with E-state index < -0.39 is 6.10 Å². The Morgan fingerprint density at radius 3 is 0.793 bits per heavy atom.